The third-order valence-corrected chi connectivity index (χ3v) is 5.81. The van der Waals surface area contributed by atoms with Gasteiger partial charge in [-0.1, -0.05) is 11.6 Å². The smallest absolute Gasteiger partial charge is 0.0469 e. The van der Waals surface area contributed by atoms with Crippen LogP contribution in [0.4, 0.5) is 0 Å². The average Bonchev–Trinajstić information content (AvgIpc) is 2.49. The SMILES string of the molecule is CC(NC1CCSc2ccc(Cl)cc21)C1CCOCC1. The zero-order chi connectivity index (χ0) is 13.9. The normalized spacial score (nSPS) is 25.2. The summed E-state index contributed by atoms with van der Waals surface area (Å²) in [5, 5.41) is 4.69. The molecule has 0 spiro atoms. The summed E-state index contributed by atoms with van der Waals surface area (Å²) in [4.78, 5) is 1.39. The van der Waals surface area contributed by atoms with Gasteiger partial charge in [-0.2, -0.15) is 0 Å². The quantitative estimate of drug-likeness (QED) is 0.900. The fourth-order valence-electron chi connectivity index (χ4n) is 3.21. The number of thioether (sulfide) groups is 1. The van der Waals surface area contributed by atoms with Crippen molar-refractivity contribution in [2.24, 2.45) is 5.92 Å². The van der Waals surface area contributed by atoms with Crippen LogP contribution >= 0.6 is 23.4 Å². The molecule has 2 heterocycles. The predicted octanol–water partition coefficient (Wildman–Crippen LogP) is 4.28. The minimum absolute atomic E-state index is 0.447. The molecule has 2 aliphatic heterocycles. The van der Waals surface area contributed by atoms with Gasteiger partial charge in [0, 0.05) is 35.2 Å². The highest BCUT2D eigenvalue weighted by Crippen LogP contribution is 2.38. The van der Waals surface area contributed by atoms with Crippen molar-refractivity contribution in [3.8, 4) is 0 Å². The van der Waals surface area contributed by atoms with Gasteiger partial charge in [0.05, 0.1) is 0 Å². The summed E-state index contributed by atoms with van der Waals surface area (Å²) < 4.78 is 5.46. The summed E-state index contributed by atoms with van der Waals surface area (Å²) >= 11 is 8.12. The van der Waals surface area contributed by atoms with Crippen LogP contribution < -0.4 is 5.32 Å². The highest BCUT2D eigenvalue weighted by Gasteiger charge is 2.26. The Kier molecular flexibility index (Phi) is 4.92. The third-order valence-electron chi connectivity index (χ3n) is 4.45. The summed E-state index contributed by atoms with van der Waals surface area (Å²) in [7, 11) is 0. The standard InChI is InChI=1S/C16H22ClNOS/c1-11(12-4-7-19-8-5-12)18-15-6-9-20-16-3-2-13(17)10-14(15)16/h2-3,10-12,15,18H,4-9H2,1H3. The second-order valence-corrected chi connectivity index (χ2v) is 7.35. The topological polar surface area (TPSA) is 21.3 Å². The molecule has 3 rings (SSSR count). The number of rotatable bonds is 3. The van der Waals surface area contributed by atoms with E-state index >= 15 is 0 Å². The number of halogens is 1. The molecule has 2 atom stereocenters. The van der Waals surface area contributed by atoms with E-state index in [1.54, 1.807) is 0 Å². The molecular weight excluding hydrogens is 290 g/mol. The van der Waals surface area contributed by atoms with Crippen LogP contribution in [0.25, 0.3) is 0 Å². The Bertz CT molecular complexity index is 462. The number of hydrogen-bond acceptors (Lipinski definition) is 3. The third kappa shape index (κ3) is 3.33. The molecule has 1 aromatic rings. The van der Waals surface area contributed by atoms with Crippen molar-refractivity contribution in [2.45, 2.75) is 43.2 Å². The molecule has 110 valence electrons. The van der Waals surface area contributed by atoms with Gasteiger partial charge in [0.2, 0.25) is 0 Å². The molecule has 2 unspecified atom stereocenters. The maximum absolute atomic E-state index is 6.17. The molecule has 0 aliphatic carbocycles. The van der Waals surface area contributed by atoms with Crippen LogP contribution in [0.2, 0.25) is 5.02 Å². The predicted molar refractivity (Wildman–Crippen MR) is 85.7 cm³/mol. The Balaban J connectivity index is 1.70. The second kappa shape index (κ2) is 6.69. The summed E-state index contributed by atoms with van der Waals surface area (Å²) in [6.45, 7) is 4.15. The molecule has 2 nitrogen and oxygen atoms in total. The van der Waals surface area contributed by atoms with Gasteiger partial charge in [-0.15, -0.1) is 11.8 Å². The highest BCUT2D eigenvalue weighted by atomic mass is 35.5. The molecule has 0 saturated carbocycles. The maximum Gasteiger partial charge on any atom is 0.0469 e. The molecule has 0 amide bonds. The van der Waals surface area contributed by atoms with Crippen LogP contribution in [0.1, 0.15) is 37.8 Å². The van der Waals surface area contributed by atoms with Gasteiger partial charge in [0.15, 0.2) is 0 Å². The van der Waals surface area contributed by atoms with Crippen LogP contribution in [0.3, 0.4) is 0 Å². The molecule has 0 aromatic heterocycles. The molecule has 1 saturated heterocycles. The Morgan fingerprint density at radius 2 is 2.10 bits per heavy atom. The average molecular weight is 312 g/mol. The zero-order valence-electron chi connectivity index (χ0n) is 11.9. The van der Waals surface area contributed by atoms with Crippen LogP contribution in [0, 0.1) is 5.92 Å². The van der Waals surface area contributed by atoms with E-state index in [-0.39, 0.29) is 0 Å². The van der Waals surface area contributed by atoms with Gasteiger partial charge in [0.25, 0.3) is 0 Å². The first-order valence-corrected chi connectivity index (χ1v) is 8.86. The number of ether oxygens (including phenoxy) is 1. The van der Waals surface area contributed by atoms with Gasteiger partial charge in [-0.05, 0) is 61.6 Å². The van der Waals surface area contributed by atoms with Crippen LogP contribution in [-0.4, -0.2) is 25.0 Å². The number of fused-ring (bicyclic) bond motifs is 1. The first kappa shape index (κ1) is 14.7. The molecule has 2 aliphatic rings. The molecule has 1 fully saturated rings. The molecule has 1 N–H and O–H groups in total. The van der Waals surface area contributed by atoms with E-state index in [9.17, 15) is 0 Å². The van der Waals surface area contributed by atoms with Crippen molar-refractivity contribution in [1.29, 1.82) is 0 Å². The lowest BCUT2D eigenvalue weighted by Gasteiger charge is -2.34. The van der Waals surface area contributed by atoms with Crippen molar-refractivity contribution in [1.82, 2.24) is 5.32 Å². The first-order chi connectivity index (χ1) is 9.74. The summed E-state index contributed by atoms with van der Waals surface area (Å²) in [6, 6.07) is 7.28. The Labute approximate surface area is 130 Å². The number of nitrogens with one attached hydrogen (secondary N) is 1. The summed E-state index contributed by atoms with van der Waals surface area (Å²) in [6.07, 6.45) is 3.54. The lowest BCUT2D eigenvalue weighted by Crippen LogP contribution is -2.39. The Morgan fingerprint density at radius 3 is 2.90 bits per heavy atom. The minimum atomic E-state index is 0.447. The summed E-state index contributed by atoms with van der Waals surface area (Å²) in [5.41, 5.74) is 1.38. The van der Waals surface area contributed by atoms with Gasteiger partial charge >= 0.3 is 0 Å². The van der Waals surface area contributed by atoms with E-state index < -0.39 is 0 Å². The monoisotopic (exact) mass is 311 g/mol. The van der Waals surface area contributed by atoms with E-state index in [1.807, 2.05) is 17.8 Å². The molecule has 1 aromatic carbocycles. The zero-order valence-corrected chi connectivity index (χ0v) is 13.5. The lowest BCUT2D eigenvalue weighted by atomic mass is 9.91. The van der Waals surface area contributed by atoms with Crippen molar-refractivity contribution in [3.63, 3.8) is 0 Å². The fourth-order valence-corrected chi connectivity index (χ4v) is 4.49. The first-order valence-electron chi connectivity index (χ1n) is 7.50. The number of benzene rings is 1. The molecule has 20 heavy (non-hydrogen) atoms. The van der Waals surface area contributed by atoms with Crippen LogP contribution in [-0.2, 0) is 4.74 Å². The fraction of sp³-hybridized carbons (Fsp3) is 0.625. The van der Waals surface area contributed by atoms with E-state index in [2.05, 4.69) is 24.4 Å². The Morgan fingerprint density at radius 1 is 1.30 bits per heavy atom. The second-order valence-electron chi connectivity index (χ2n) is 5.78. The minimum Gasteiger partial charge on any atom is -0.381 e. The maximum atomic E-state index is 6.17. The van der Waals surface area contributed by atoms with Crippen molar-refractivity contribution >= 4 is 23.4 Å². The van der Waals surface area contributed by atoms with Crippen LogP contribution in [0.15, 0.2) is 23.1 Å². The van der Waals surface area contributed by atoms with Crippen molar-refractivity contribution in [2.75, 3.05) is 19.0 Å². The van der Waals surface area contributed by atoms with E-state index in [1.165, 1.54) is 35.5 Å². The molecule has 4 heteroatoms. The van der Waals surface area contributed by atoms with Crippen molar-refractivity contribution in [3.05, 3.63) is 28.8 Å². The Hall–Kier alpha value is -0.220. The van der Waals surface area contributed by atoms with Crippen molar-refractivity contribution < 1.29 is 4.74 Å². The van der Waals surface area contributed by atoms with Crippen LogP contribution in [0.5, 0.6) is 0 Å². The van der Waals surface area contributed by atoms with Gasteiger partial charge in [0.1, 0.15) is 0 Å². The molecule has 0 radical (unpaired) electrons. The highest BCUT2D eigenvalue weighted by molar-refractivity contribution is 7.99. The molecule has 0 bridgehead atoms. The lowest BCUT2D eigenvalue weighted by molar-refractivity contribution is 0.0542. The largest absolute Gasteiger partial charge is 0.381 e. The number of hydrogen-bond donors (Lipinski definition) is 1. The summed E-state index contributed by atoms with van der Waals surface area (Å²) in [5.74, 6) is 1.92. The van der Waals surface area contributed by atoms with E-state index in [0.717, 1.165) is 24.2 Å². The van der Waals surface area contributed by atoms with Gasteiger partial charge < -0.3 is 10.1 Å². The van der Waals surface area contributed by atoms with Gasteiger partial charge in [-0.3, -0.25) is 0 Å². The van der Waals surface area contributed by atoms with E-state index in [0.29, 0.717) is 12.1 Å². The van der Waals surface area contributed by atoms with E-state index in [4.69, 9.17) is 16.3 Å². The molecular formula is C16H22ClNOS. The van der Waals surface area contributed by atoms with Gasteiger partial charge in [-0.25, -0.2) is 0 Å².